The molecule has 0 aliphatic heterocycles. The number of nitrogens with two attached hydrogens (primary N) is 1. The van der Waals surface area contributed by atoms with Crippen LogP contribution in [0.2, 0.25) is 0 Å². The molecule has 0 radical (unpaired) electrons. The molecule has 0 aromatic heterocycles. The molecular formula is C17H21N3O. The Hall–Kier alpha value is -2.49. The van der Waals surface area contributed by atoms with E-state index < -0.39 is 0 Å². The third-order valence-corrected chi connectivity index (χ3v) is 3.37. The van der Waals surface area contributed by atoms with Gasteiger partial charge in [-0.15, -0.1) is 0 Å². The first-order chi connectivity index (χ1) is 10.2. The van der Waals surface area contributed by atoms with Crippen molar-refractivity contribution in [2.45, 2.75) is 20.0 Å². The van der Waals surface area contributed by atoms with E-state index in [0.29, 0.717) is 25.3 Å². The monoisotopic (exact) mass is 283 g/mol. The summed E-state index contributed by atoms with van der Waals surface area (Å²) in [5.41, 5.74) is 8.70. The summed E-state index contributed by atoms with van der Waals surface area (Å²) >= 11 is 0. The van der Waals surface area contributed by atoms with Crippen molar-refractivity contribution in [2.75, 3.05) is 12.3 Å². The number of benzene rings is 2. The van der Waals surface area contributed by atoms with E-state index in [1.807, 2.05) is 61.5 Å². The number of nitrogens with one attached hydrogen (secondary N) is 1. The molecule has 4 nitrogen and oxygen atoms in total. The van der Waals surface area contributed by atoms with Gasteiger partial charge in [-0.25, -0.2) is 4.79 Å². The summed E-state index contributed by atoms with van der Waals surface area (Å²) in [7, 11) is 0. The zero-order valence-electron chi connectivity index (χ0n) is 12.3. The van der Waals surface area contributed by atoms with Crippen molar-refractivity contribution in [1.82, 2.24) is 10.2 Å². The summed E-state index contributed by atoms with van der Waals surface area (Å²) in [5.74, 6) is 0. The van der Waals surface area contributed by atoms with Gasteiger partial charge in [0.2, 0.25) is 0 Å². The van der Waals surface area contributed by atoms with E-state index in [4.69, 9.17) is 5.73 Å². The number of rotatable bonds is 5. The predicted octanol–water partition coefficient (Wildman–Crippen LogP) is 3.00. The average molecular weight is 283 g/mol. The molecular weight excluding hydrogens is 262 g/mol. The molecule has 2 aromatic rings. The molecule has 0 saturated carbocycles. The van der Waals surface area contributed by atoms with Crippen molar-refractivity contribution in [3.63, 3.8) is 0 Å². The summed E-state index contributed by atoms with van der Waals surface area (Å²) in [5, 5.41) is 2.94. The number of hydrogen-bond acceptors (Lipinski definition) is 2. The normalized spacial score (nSPS) is 10.1. The van der Waals surface area contributed by atoms with Crippen LogP contribution in [0.3, 0.4) is 0 Å². The second-order valence-corrected chi connectivity index (χ2v) is 4.86. The molecule has 3 N–H and O–H groups in total. The van der Waals surface area contributed by atoms with Gasteiger partial charge in [0.15, 0.2) is 0 Å². The Balaban J connectivity index is 1.94. The molecule has 0 atom stereocenters. The fraction of sp³-hybridized carbons (Fsp3) is 0.235. The van der Waals surface area contributed by atoms with Crippen LogP contribution in [0, 0.1) is 0 Å². The number of anilines is 1. The first kappa shape index (κ1) is 14.9. The summed E-state index contributed by atoms with van der Waals surface area (Å²) in [6.45, 7) is 3.64. The van der Waals surface area contributed by atoms with Gasteiger partial charge in [0.05, 0.1) is 0 Å². The molecule has 0 aliphatic rings. The lowest BCUT2D eigenvalue weighted by molar-refractivity contribution is 0.198. The quantitative estimate of drug-likeness (QED) is 0.829. The minimum absolute atomic E-state index is 0.0791. The maximum Gasteiger partial charge on any atom is 0.317 e. The highest BCUT2D eigenvalue weighted by atomic mass is 16.2. The minimum atomic E-state index is -0.0791. The summed E-state index contributed by atoms with van der Waals surface area (Å²) in [4.78, 5) is 14.0. The van der Waals surface area contributed by atoms with E-state index in [9.17, 15) is 4.79 Å². The zero-order chi connectivity index (χ0) is 15.1. The van der Waals surface area contributed by atoms with Gasteiger partial charge in [-0.1, -0.05) is 48.5 Å². The largest absolute Gasteiger partial charge is 0.398 e. The molecule has 4 heteroatoms. The molecule has 2 rings (SSSR count). The average Bonchev–Trinajstić information content (AvgIpc) is 2.53. The fourth-order valence-electron chi connectivity index (χ4n) is 2.10. The Morgan fingerprint density at radius 2 is 1.76 bits per heavy atom. The predicted molar refractivity (Wildman–Crippen MR) is 85.6 cm³/mol. The number of urea groups is 1. The fourth-order valence-corrected chi connectivity index (χ4v) is 2.10. The van der Waals surface area contributed by atoms with Gasteiger partial charge in [0, 0.05) is 25.3 Å². The van der Waals surface area contributed by atoms with Crippen LogP contribution in [0.4, 0.5) is 10.5 Å². The smallest absolute Gasteiger partial charge is 0.317 e. The SMILES string of the molecule is CCN(Cc1ccccc1N)C(=O)NCc1ccccc1. The molecule has 0 saturated heterocycles. The molecule has 0 bridgehead atoms. The highest BCUT2D eigenvalue weighted by molar-refractivity contribution is 5.74. The topological polar surface area (TPSA) is 58.4 Å². The molecule has 0 heterocycles. The maximum atomic E-state index is 12.2. The summed E-state index contributed by atoms with van der Waals surface area (Å²) < 4.78 is 0. The lowest BCUT2D eigenvalue weighted by Crippen LogP contribution is -2.39. The van der Waals surface area contributed by atoms with Crippen LogP contribution in [-0.4, -0.2) is 17.5 Å². The standard InChI is InChI=1S/C17H21N3O/c1-2-20(13-15-10-6-7-11-16(15)18)17(21)19-12-14-8-4-3-5-9-14/h3-11H,2,12-13,18H2,1H3,(H,19,21). The van der Waals surface area contributed by atoms with Crippen LogP contribution < -0.4 is 11.1 Å². The number of nitrogen functional groups attached to an aromatic ring is 1. The van der Waals surface area contributed by atoms with Crippen molar-refractivity contribution in [2.24, 2.45) is 0 Å². The van der Waals surface area contributed by atoms with Crippen LogP contribution in [0.1, 0.15) is 18.1 Å². The van der Waals surface area contributed by atoms with Crippen molar-refractivity contribution < 1.29 is 4.79 Å². The van der Waals surface area contributed by atoms with Crippen molar-refractivity contribution in [3.05, 3.63) is 65.7 Å². The number of hydrogen-bond donors (Lipinski definition) is 2. The van der Waals surface area contributed by atoms with Gasteiger partial charge >= 0.3 is 6.03 Å². The van der Waals surface area contributed by atoms with E-state index >= 15 is 0 Å². The van der Waals surface area contributed by atoms with E-state index in [-0.39, 0.29) is 6.03 Å². The van der Waals surface area contributed by atoms with Crippen LogP contribution in [-0.2, 0) is 13.1 Å². The number of para-hydroxylation sites is 1. The maximum absolute atomic E-state index is 12.2. The van der Waals surface area contributed by atoms with E-state index in [1.165, 1.54) is 0 Å². The zero-order valence-corrected chi connectivity index (χ0v) is 12.3. The molecule has 110 valence electrons. The second kappa shape index (κ2) is 7.33. The minimum Gasteiger partial charge on any atom is -0.398 e. The van der Waals surface area contributed by atoms with Gasteiger partial charge in [0.1, 0.15) is 0 Å². The number of nitrogens with zero attached hydrogens (tertiary/aromatic N) is 1. The van der Waals surface area contributed by atoms with E-state index in [2.05, 4.69) is 5.32 Å². The molecule has 0 fully saturated rings. The third kappa shape index (κ3) is 4.24. The van der Waals surface area contributed by atoms with E-state index in [1.54, 1.807) is 4.90 Å². The number of amides is 2. The number of carbonyl (C=O) groups excluding carboxylic acids is 1. The second-order valence-electron chi connectivity index (χ2n) is 4.86. The van der Waals surface area contributed by atoms with Gasteiger partial charge in [-0.3, -0.25) is 0 Å². The van der Waals surface area contributed by atoms with Gasteiger partial charge in [-0.2, -0.15) is 0 Å². The Morgan fingerprint density at radius 1 is 1.10 bits per heavy atom. The molecule has 0 unspecified atom stereocenters. The van der Waals surface area contributed by atoms with Crippen LogP contribution in [0.15, 0.2) is 54.6 Å². The Morgan fingerprint density at radius 3 is 2.43 bits per heavy atom. The van der Waals surface area contributed by atoms with Crippen LogP contribution >= 0.6 is 0 Å². The molecule has 0 aliphatic carbocycles. The molecule has 0 spiro atoms. The first-order valence-electron chi connectivity index (χ1n) is 7.10. The Labute approximate surface area is 125 Å². The lowest BCUT2D eigenvalue weighted by Gasteiger charge is -2.22. The molecule has 21 heavy (non-hydrogen) atoms. The highest BCUT2D eigenvalue weighted by Crippen LogP contribution is 2.13. The van der Waals surface area contributed by atoms with Crippen molar-refractivity contribution in [1.29, 1.82) is 0 Å². The summed E-state index contributed by atoms with van der Waals surface area (Å²) in [6, 6.07) is 17.4. The lowest BCUT2D eigenvalue weighted by atomic mass is 10.1. The van der Waals surface area contributed by atoms with Gasteiger partial charge < -0.3 is 16.0 Å². The first-order valence-corrected chi connectivity index (χ1v) is 7.10. The molecule has 2 amide bonds. The summed E-state index contributed by atoms with van der Waals surface area (Å²) in [6.07, 6.45) is 0. The Bertz CT molecular complexity index is 584. The highest BCUT2D eigenvalue weighted by Gasteiger charge is 2.12. The molecule has 2 aromatic carbocycles. The number of carbonyl (C=O) groups is 1. The van der Waals surface area contributed by atoms with Gasteiger partial charge in [-0.05, 0) is 24.1 Å². The van der Waals surface area contributed by atoms with Crippen LogP contribution in [0.5, 0.6) is 0 Å². The van der Waals surface area contributed by atoms with Crippen LogP contribution in [0.25, 0.3) is 0 Å². The third-order valence-electron chi connectivity index (χ3n) is 3.37. The van der Waals surface area contributed by atoms with Crippen molar-refractivity contribution in [3.8, 4) is 0 Å². The van der Waals surface area contributed by atoms with E-state index in [0.717, 1.165) is 11.1 Å². The van der Waals surface area contributed by atoms with Crippen molar-refractivity contribution >= 4 is 11.7 Å². The Kier molecular flexibility index (Phi) is 5.21. The van der Waals surface area contributed by atoms with Gasteiger partial charge in [0.25, 0.3) is 0 Å².